The molecule has 0 aliphatic carbocycles. The van der Waals surface area contributed by atoms with Crippen molar-refractivity contribution >= 4 is 23.6 Å². The zero-order valence-corrected chi connectivity index (χ0v) is 16.3. The molecule has 3 aliphatic rings. The first-order chi connectivity index (χ1) is 13.6. The van der Waals surface area contributed by atoms with Gasteiger partial charge < -0.3 is 10.1 Å². The lowest BCUT2D eigenvalue weighted by molar-refractivity contribution is -0.115. The number of fused-ring (bicyclic) bond motifs is 5. The second kappa shape index (κ2) is 8.97. The second-order valence-corrected chi connectivity index (χ2v) is 6.68. The van der Waals surface area contributed by atoms with Crippen molar-refractivity contribution in [2.24, 2.45) is 16.1 Å². The molecule has 1 N–H and O–H groups in total. The Morgan fingerprint density at radius 2 is 2.14 bits per heavy atom. The Hall–Kier alpha value is -2.74. The lowest BCUT2D eigenvalue weighted by Crippen LogP contribution is -2.37. The number of hydrogen-bond acceptors (Lipinski definition) is 6. The molecular weight excluding hydrogens is 361 g/mol. The molecule has 3 aliphatic heterocycles. The SMILES string of the molecule is C=C1/C=N\N2/N=C(/CC3CCN(CCOc4cc(F)ccc42)C3)NC1=O.CC. The van der Waals surface area contributed by atoms with E-state index in [4.69, 9.17) is 4.74 Å². The van der Waals surface area contributed by atoms with Gasteiger partial charge in [0.05, 0.1) is 11.8 Å². The molecule has 0 saturated carbocycles. The smallest absolute Gasteiger partial charge is 0.257 e. The van der Waals surface area contributed by atoms with Crippen LogP contribution >= 0.6 is 0 Å². The van der Waals surface area contributed by atoms with Gasteiger partial charge in [-0.05, 0) is 31.0 Å². The maximum absolute atomic E-state index is 13.7. The number of ether oxygens (including phenoxy) is 1. The summed E-state index contributed by atoms with van der Waals surface area (Å²) in [7, 11) is 0. The Labute approximate surface area is 164 Å². The number of halogens is 1. The van der Waals surface area contributed by atoms with Crippen molar-refractivity contribution in [3.05, 3.63) is 36.2 Å². The number of hydrogen-bond donors (Lipinski definition) is 1. The van der Waals surface area contributed by atoms with Crippen LogP contribution in [0.1, 0.15) is 26.7 Å². The minimum atomic E-state index is -0.393. The van der Waals surface area contributed by atoms with E-state index in [0.29, 0.717) is 36.2 Å². The van der Waals surface area contributed by atoms with E-state index in [1.165, 1.54) is 23.5 Å². The van der Waals surface area contributed by atoms with Crippen LogP contribution in [0.3, 0.4) is 0 Å². The molecule has 150 valence electrons. The van der Waals surface area contributed by atoms with E-state index in [-0.39, 0.29) is 11.5 Å². The summed E-state index contributed by atoms with van der Waals surface area (Å²) in [4.78, 5) is 14.5. The molecule has 0 radical (unpaired) electrons. The highest BCUT2D eigenvalue weighted by molar-refractivity contribution is 6.17. The van der Waals surface area contributed by atoms with E-state index in [2.05, 4.69) is 27.0 Å². The Kier molecular flexibility index (Phi) is 6.41. The van der Waals surface area contributed by atoms with Gasteiger partial charge in [-0.1, -0.05) is 20.4 Å². The summed E-state index contributed by atoms with van der Waals surface area (Å²) in [5.74, 6) is 0.578. The molecule has 1 aromatic rings. The predicted molar refractivity (Wildman–Crippen MR) is 108 cm³/mol. The minimum Gasteiger partial charge on any atom is -0.490 e. The van der Waals surface area contributed by atoms with Crippen LogP contribution in [0, 0.1) is 11.7 Å². The van der Waals surface area contributed by atoms with Gasteiger partial charge >= 0.3 is 0 Å². The third kappa shape index (κ3) is 4.56. The average molecular weight is 387 g/mol. The Bertz CT molecular complexity index is 808. The maximum atomic E-state index is 13.7. The number of nitrogens with one attached hydrogen (secondary N) is 1. The van der Waals surface area contributed by atoms with Crippen LogP contribution in [0.4, 0.5) is 10.1 Å². The average Bonchev–Trinajstić information content (AvgIpc) is 3.12. The fourth-order valence-corrected chi connectivity index (χ4v) is 3.38. The summed E-state index contributed by atoms with van der Waals surface area (Å²) in [6, 6.07) is 4.22. The Balaban J connectivity index is 0.00000109. The standard InChI is InChI=1S/C18H20FN5O2.C2H6/c1-12-10-20-24-15-3-2-14(19)9-16(15)26-7-6-23-5-4-13(11-23)8-17(22-24)21-18(12)25;1-2/h2-3,9-10,13H,1,4-8,11H2,(H,21,22,25);1-2H3/b20-10-;. The Morgan fingerprint density at radius 1 is 1.32 bits per heavy atom. The largest absolute Gasteiger partial charge is 0.490 e. The second-order valence-electron chi connectivity index (χ2n) is 6.68. The summed E-state index contributed by atoms with van der Waals surface area (Å²) in [5.41, 5.74) is 0.735. The van der Waals surface area contributed by atoms with Gasteiger partial charge in [0.1, 0.15) is 29.7 Å². The van der Waals surface area contributed by atoms with E-state index in [1.54, 1.807) is 6.07 Å². The molecule has 1 aromatic carbocycles. The van der Waals surface area contributed by atoms with Gasteiger partial charge in [-0.2, -0.15) is 5.10 Å². The van der Waals surface area contributed by atoms with Crippen molar-refractivity contribution in [3.63, 3.8) is 0 Å². The Morgan fingerprint density at radius 3 is 2.96 bits per heavy atom. The highest BCUT2D eigenvalue weighted by atomic mass is 19.1. The molecule has 0 aromatic heterocycles. The minimum absolute atomic E-state index is 0.229. The van der Waals surface area contributed by atoms with Gasteiger partial charge in [-0.25, -0.2) is 4.39 Å². The van der Waals surface area contributed by atoms with Crippen molar-refractivity contribution in [2.45, 2.75) is 26.7 Å². The zero-order chi connectivity index (χ0) is 20.1. The molecule has 2 unspecified atom stereocenters. The van der Waals surface area contributed by atoms with E-state index in [1.807, 2.05) is 13.8 Å². The molecule has 1 saturated heterocycles. The number of amidine groups is 1. The van der Waals surface area contributed by atoms with Crippen LogP contribution in [0.15, 0.2) is 40.6 Å². The number of amides is 1. The number of nitrogens with zero attached hydrogens (tertiary/aromatic N) is 4. The number of carbonyl (C=O) groups is 1. The van der Waals surface area contributed by atoms with Crippen molar-refractivity contribution in [2.75, 3.05) is 31.4 Å². The number of hydrazone groups is 2. The highest BCUT2D eigenvalue weighted by Crippen LogP contribution is 2.31. The maximum Gasteiger partial charge on any atom is 0.257 e. The van der Waals surface area contributed by atoms with Gasteiger partial charge in [0.2, 0.25) is 0 Å². The van der Waals surface area contributed by atoms with E-state index in [9.17, 15) is 9.18 Å². The first-order valence-corrected chi connectivity index (χ1v) is 9.65. The summed E-state index contributed by atoms with van der Waals surface area (Å²) in [6.45, 7) is 10.8. The number of anilines is 1. The van der Waals surface area contributed by atoms with Gasteiger partial charge in [0, 0.05) is 25.6 Å². The molecule has 28 heavy (non-hydrogen) atoms. The molecule has 8 heteroatoms. The van der Waals surface area contributed by atoms with Crippen molar-refractivity contribution < 1.29 is 13.9 Å². The van der Waals surface area contributed by atoms with Gasteiger partial charge in [-0.15, -0.1) is 10.2 Å². The molecule has 1 amide bonds. The third-order valence-corrected chi connectivity index (χ3v) is 4.74. The van der Waals surface area contributed by atoms with Crippen LogP contribution in [0.5, 0.6) is 5.75 Å². The molecular formula is C20H26FN5O2. The first kappa shape index (κ1) is 20.0. The van der Waals surface area contributed by atoms with Crippen molar-refractivity contribution in [1.82, 2.24) is 10.2 Å². The molecule has 1 fully saturated rings. The van der Waals surface area contributed by atoms with E-state index in [0.717, 1.165) is 26.1 Å². The van der Waals surface area contributed by atoms with Crippen LogP contribution in [-0.4, -0.2) is 49.1 Å². The molecule has 4 bridgehead atoms. The first-order valence-electron chi connectivity index (χ1n) is 9.65. The van der Waals surface area contributed by atoms with Crippen molar-refractivity contribution in [3.8, 4) is 5.75 Å². The van der Waals surface area contributed by atoms with Crippen LogP contribution in [0.25, 0.3) is 0 Å². The monoisotopic (exact) mass is 387 g/mol. The van der Waals surface area contributed by atoms with Crippen LogP contribution in [-0.2, 0) is 4.79 Å². The molecule has 7 nitrogen and oxygen atoms in total. The lowest BCUT2D eigenvalue weighted by Gasteiger charge is -2.24. The fraction of sp³-hybridized carbons (Fsp3) is 0.450. The summed E-state index contributed by atoms with van der Waals surface area (Å²) in [6.07, 6.45) is 3.01. The number of benzene rings is 1. The van der Waals surface area contributed by atoms with Crippen LogP contribution < -0.4 is 15.2 Å². The van der Waals surface area contributed by atoms with Crippen molar-refractivity contribution in [1.29, 1.82) is 0 Å². The lowest BCUT2D eigenvalue weighted by atomic mass is 10.0. The van der Waals surface area contributed by atoms with Gasteiger partial charge in [-0.3, -0.25) is 9.69 Å². The summed E-state index contributed by atoms with van der Waals surface area (Å²) >= 11 is 0. The molecule has 3 heterocycles. The van der Waals surface area contributed by atoms with Crippen LogP contribution in [0.2, 0.25) is 0 Å². The quantitative estimate of drug-likeness (QED) is 0.695. The molecule has 4 rings (SSSR count). The van der Waals surface area contributed by atoms with Gasteiger partial charge in [0.15, 0.2) is 0 Å². The fourth-order valence-electron chi connectivity index (χ4n) is 3.38. The number of rotatable bonds is 0. The normalized spacial score (nSPS) is 27.1. The van der Waals surface area contributed by atoms with E-state index < -0.39 is 5.82 Å². The third-order valence-electron chi connectivity index (χ3n) is 4.74. The predicted octanol–water partition coefficient (Wildman–Crippen LogP) is 2.75. The summed E-state index contributed by atoms with van der Waals surface area (Å²) in [5, 5.41) is 12.9. The molecule has 2 atom stereocenters. The summed E-state index contributed by atoms with van der Waals surface area (Å²) < 4.78 is 19.6. The number of carbonyl (C=O) groups excluding carboxylic acids is 1. The van der Waals surface area contributed by atoms with Gasteiger partial charge in [0.25, 0.3) is 5.91 Å². The topological polar surface area (TPSA) is 69.5 Å². The van der Waals surface area contributed by atoms with E-state index >= 15 is 0 Å². The highest BCUT2D eigenvalue weighted by Gasteiger charge is 2.27. The zero-order valence-electron chi connectivity index (χ0n) is 16.3. The molecule has 0 spiro atoms.